The Morgan fingerprint density at radius 1 is 1.09 bits per heavy atom. The molecule has 0 bridgehead atoms. The van der Waals surface area contributed by atoms with Crippen LogP contribution in [0.3, 0.4) is 0 Å². The van der Waals surface area contributed by atoms with Crippen molar-refractivity contribution in [2.45, 2.75) is 12.1 Å². The van der Waals surface area contributed by atoms with E-state index >= 15 is 0 Å². The zero-order valence-electron chi connectivity index (χ0n) is 17.5. The molecule has 174 valence electrons. The SMILES string of the molecule is O=C(O)C(c1ccc(NCC=Cc2ccccc2C(F)(F)F)c(F)c1)c1ccc2ocnc2c1. The Hall–Kier alpha value is -4.14. The van der Waals surface area contributed by atoms with E-state index in [1.165, 1.54) is 48.9 Å². The second-order valence-corrected chi connectivity index (χ2v) is 7.46. The van der Waals surface area contributed by atoms with Gasteiger partial charge in [-0.3, -0.25) is 4.79 Å². The van der Waals surface area contributed by atoms with Crippen LogP contribution in [0.2, 0.25) is 0 Å². The van der Waals surface area contributed by atoms with Crippen molar-refractivity contribution in [1.82, 2.24) is 4.98 Å². The number of alkyl halides is 3. The summed E-state index contributed by atoms with van der Waals surface area (Å²) in [5.41, 5.74) is 0.971. The number of aliphatic carboxylic acids is 1. The molecule has 9 heteroatoms. The van der Waals surface area contributed by atoms with E-state index in [1.807, 2.05) is 0 Å². The Kier molecular flexibility index (Phi) is 6.36. The van der Waals surface area contributed by atoms with Gasteiger partial charge in [-0.2, -0.15) is 13.2 Å². The van der Waals surface area contributed by atoms with Gasteiger partial charge in [-0.1, -0.05) is 42.5 Å². The summed E-state index contributed by atoms with van der Waals surface area (Å²) < 4.78 is 59.1. The summed E-state index contributed by atoms with van der Waals surface area (Å²) in [6, 6.07) is 13.9. The number of carboxylic acid groups (broad SMARTS) is 1. The topological polar surface area (TPSA) is 75.4 Å². The number of benzene rings is 3. The molecule has 0 aliphatic rings. The van der Waals surface area contributed by atoms with Crippen LogP contribution in [0.1, 0.15) is 28.2 Å². The number of hydrogen-bond acceptors (Lipinski definition) is 4. The number of fused-ring (bicyclic) bond motifs is 1. The molecule has 0 saturated heterocycles. The van der Waals surface area contributed by atoms with E-state index in [4.69, 9.17) is 4.42 Å². The van der Waals surface area contributed by atoms with Gasteiger partial charge in [0.25, 0.3) is 0 Å². The Bertz CT molecular complexity index is 1360. The van der Waals surface area contributed by atoms with Crippen molar-refractivity contribution in [1.29, 1.82) is 0 Å². The summed E-state index contributed by atoms with van der Waals surface area (Å²) in [5.74, 6) is -2.96. The molecular formula is C25H18F4N2O3. The van der Waals surface area contributed by atoms with Crippen LogP contribution >= 0.6 is 0 Å². The van der Waals surface area contributed by atoms with Gasteiger partial charge in [0.05, 0.1) is 11.3 Å². The van der Waals surface area contributed by atoms with Crippen molar-refractivity contribution >= 4 is 28.8 Å². The van der Waals surface area contributed by atoms with Crippen LogP contribution in [0.4, 0.5) is 23.2 Å². The summed E-state index contributed by atoms with van der Waals surface area (Å²) in [6.45, 7) is 0.0631. The minimum absolute atomic E-state index is 0.000927. The smallest absolute Gasteiger partial charge is 0.416 e. The first-order chi connectivity index (χ1) is 16.2. The van der Waals surface area contributed by atoms with Crippen molar-refractivity contribution < 1.29 is 31.9 Å². The molecular weight excluding hydrogens is 452 g/mol. The van der Waals surface area contributed by atoms with Gasteiger partial charge in [-0.25, -0.2) is 9.37 Å². The minimum atomic E-state index is -4.48. The van der Waals surface area contributed by atoms with Crippen LogP contribution in [-0.4, -0.2) is 22.6 Å². The Morgan fingerprint density at radius 3 is 2.56 bits per heavy atom. The second kappa shape index (κ2) is 9.38. The van der Waals surface area contributed by atoms with Crippen molar-refractivity contribution in [3.63, 3.8) is 0 Å². The van der Waals surface area contributed by atoms with Crippen molar-refractivity contribution in [3.8, 4) is 0 Å². The first-order valence-corrected chi connectivity index (χ1v) is 10.2. The fourth-order valence-electron chi connectivity index (χ4n) is 3.64. The average Bonchev–Trinajstić information content (AvgIpc) is 3.25. The largest absolute Gasteiger partial charge is 0.481 e. The van der Waals surface area contributed by atoms with Crippen molar-refractivity contribution in [2.24, 2.45) is 0 Å². The molecule has 1 aromatic heterocycles. The Balaban J connectivity index is 1.50. The second-order valence-electron chi connectivity index (χ2n) is 7.46. The summed E-state index contributed by atoms with van der Waals surface area (Å²) in [5, 5.41) is 12.5. The van der Waals surface area contributed by atoms with Crippen molar-refractivity contribution in [3.05, 3.63) is 101 Å². The molecule has 0 spiro atoms. The van der Waals surface area contributed by atoms with E-state index in [9.17, 15) is 27.5 Å². The molecule has 1 atom stereocenters. The molecule has 4 aromatic rings. The van der Waals surface area contributed by atoms with Gasteiger partial charge in [0.1, 0.15) is 17.3 Å². The van der Waals surface area contributed by atoms with Gasteiger partial charge in [-0.05, 0) is 47.0 Å². The zero-order chi connectivity index (χ0) is 24.3. The molecule has 4 rings (SSSR count). The number of nitrogens with one attached hydrogen (secondary N) is 1. The Labute approximate surface area is 191 Å². The predicted molar refractivity (Wildman–Crippen MR) is 119 cm³/mol. The van der Waals surface area contributed by atoms with E-state index in [0.717, 1.165) is 12.1 Å². The number of oxazole rings is 1. The molecule has 1 heterocycles. The molecule has 0 saturated carbocycles. The first-order valence-electron chi connectivity index (χ1n) is 10.2. The van der Waals surface area contributed by atoms with Gasteiger partial charge in [0.15, 0.2) is 12.0 Å². The molecule has 5 nitrogen and oxygen atoms in total. The van der Waals surface area contributed by atoms with Crippen molar-refractivity contribution in [2.75, 3.05) is 11.9 Å². The van der Waals surface area contributed by atoms with Gasteiger partial charge >= 0.3 is 12.1 Å². The minimum Gasteiger partial charge on any atom is -0.481 e. The fourth-order valence-corrected chi connectivity index (χ4v) is 3.64. The van der Waals surface area contributed by atoms with Crippen LogP contribution in [0.25, 0.3) is 17.2 Å². The van der Waals surface area contributed by atoms with Gasteiger partial charge in [0, 0.05) is 6.54 Å². The summed E-state index contributed by atoms with van der Waals surface area (Å²) in [7, 11) is 0. The van der Waals surface area contributed by atoms with Crippen LogP contribution in [0.5, 0.6) is 0 Å². The number of anilines is 1. The molecule has 0 fully saturated rings. The molecule has 1 unspecified atom stereocenters. The maximum Gasteiger partial charge on any atom is 0.416 e. The van der Waals surface area contributed by atoms with Gasteiger partial charge in [0.2, 0.25) is 0 Å². The molecule has 0 aliphatic carbocycles. The lowest BCUT2D eigenvalue weighted by molar-refractivity contribution is -0.138. The predicted octanol–water partition coefficient (Wildman–Crippen LogP) is 6.33. The summed E-state index contributed by atoms with van der Waals surface area (Å²) in [4.78, 5) is 16.0. The van der Waals surface area contributed by atoms with Crippen LogP contribution in [-0.2, 0) is 11.0 Å². The van der Waals surface area contributed by atoms with Gasteiger partial charge < -0.3 is 14.8 Å². The average molecular weight is 470 g/mol. The molecule has 34 heavy (non-hydrogen) atoms. The molecule has 3 aromatic carbocycles. The molecule has 2 N–H and O–H groups in total. The summed E-state index contributed by atoms with van der Waals surface area (Å²) >= 11 is 0. The molecule has 0 aliphatic heterocycles. The number of carbonyl (C=O) groups is 1. The fraction of sp³-hybridized carbons (Fsp3) is 0.120. The highest BCUT2D eigenvalue weighted by Crippen LogP contribution is 2.33. The quantitative estimate of drug-likeness (QED) is 0.309. The third-order valence-corrected chi connectivity index (χ3v) is 5.24. The number of nitrogens with zero attached hydrogens (tertiary/aromatic N) is 1. The van der Waals surface area contributed by atoms with Crippen LogP contribution in [0.15, 0.2) is 77.6 Å². The standard InChI is InChI=1S/C25H18F4N2O3/c26-19-12-16(23(24(32)33)17-8-10-22-21(13-17)31-14-34-22)7-9-20(19)30-11-3-5-15-4-1-2-6-18(15)25(27,28)29/h1-10,12-14,23,30H,11H2,(H,32,33). The number of hydrogen-bond donors (Lipinski definition) is 2. The highest BCUT2D eigenvalue weighted by molar-refractivity contribution is 5.83. The van der Waals surface area contributed by atoms with E-state index in [0.29, 0.717) is 16.7 Å². The normalized spacial score (nSPS) is 12.8. The molecule has 0 amide bonds. The lowest BCUT2D eigenvalue weighted by atomic mass is 9.91. The lowest BCUT2D eigenvalue weighted by Crippen LogP contribution is -2.14. The summed E-state index contributed by atoms with van der Waals surface area (Å²) in [6.07, 6.45) is -0.469. The number of aromatic nitrogens is 1. The maximum atomic E-state index is 14.7. The first kappa shape index (κ1) is 23.0. The van der Waals surface area contributed by atoms with E-state index in [-0.39, 0.29) is 23.4 Å². The van der Waals surface area contributed by atoms with Crippen LogP contribution in [0, 0.1) is 5.82 Å². The zero-order valence-corrected chi connectivity index (χ0v) is 17.5. The lowest BCUT2D eigenvalue weighted by Gasteiger charge is -2.15. The van der Waals surface area contributed by atoms with Crippen LogP contribution < -0.4 is 5.32 Å². The van der Waals surface area contributed by atoms with E-state index in [1.54, 1.807) is 18.2 Å². The Morgan fingerprint density at radius 2 is 1.82 bits per heavy atom. The maximum absolute atomic E-state index is 14.7. The molecule has 0 radical (unpaired) electrons. The highest BCUT2D eigenvalue weighted by atomic mass is 19.4. The third kappa shape index (κ3) is 4.93. The number of rotatable bonds is 7. The van der Waals surface area contributed by atoms with Gasteiger partial charge in [-0.15, -0.1) is 0 Å². The third-order valence-electron chi connectivity index (χ3n) is 5.24. The van der Waals surface area contributed by atoms with E-state index < -0.39 is 29.4 Å². The number of carboxylic acids is 1. The number of halogens is 4. The monoisotopic (exact) mass is 470 g/mol. The van der Waals surface area contributed by atoms with E-state index in [2.05, 4.69) is 10.3 Å². The highest BCUT2D eigenvalue weighted by Gasteiger charge is 2.32.